The number of nitrogens with two attached hydrogens (primary N) is 2. The Morgan fingerprint density at radius 3 is 2.39 bits per heavy atom. The van der Waals surface area contributed by atoms with Gasteiger partial charge in [0, 0.05) is 6.54 Å². The van der Waals surface area contributed by atoms with Gasteiger partial charge >= 0.3 is 0 Å². The zero-order chi connectivity index (χ0) is 20.1. The molecule has 0 unspecified atom stereocenters. The lowest BCUT2D eigenvalue weighted by molar-refractivity contribution is 0.217. The lowest BCUT2D eigenvalue weighted by atomic mass is 10.2. The number of nitrogens with zero attached hydrogens (tertiary/aromatic N) is 4. The highest BCUT2D eigenvalue weighted by Gasteiger charge is 2.28. The first-order chi connectivity index (χ1) is 13.4. The van der Waals surface area contributed by atoms with Gasteiger partial charge in [-0.25, -0.2) is 10.0 Å². The Morgan fingerprint density at radius 2 is 1.79 bits per heavy atom. The van der Waals surface area contributed by atoms with Crippen LogP contribution in [0.3, 0.4) is 0 Å². The molecule has 0 radical (unpaired) electrons. The first kappa shape index (κ1) is 19.7. The minimum atomic E-state index is -0.870. The van der Waals surface area contributed by atoms with Crippen LogP contribution in [0, 0.1) is 5.41 Å². The number of aliphatic imine (C=N–C) groups is 1. The number of hydrogen-bond acceptors (Lipinski definition) is 7. The lowest BCUT2D eigenvalue weighted by Crippen LogP contribution is -2.36. The van der Waals surface area contributed by atoms with Gasteiger partial charge in [-0.3, -0.25) is 16.9 Å². The van der Waals surface area contributed by atoms with Crippen molar-refractivity contribution in [2.75, 3.05) is 20.6 Å². The molecule has 1 aliphatic rings. The second kappa shape index (κ2) is 8.75. The average Bonchev–Trinajstić information content (AvgIpc) is 2.92. The molecule has 0 fully saturated rings. The molecule has 0 aromatic heterocycles. The zero-order valence-electron chi connectivity index (χ0n) is 16.0. The summed E-state index contributed by atoms with van der Waals surface area (Å²) in [5.41, 5.74) is 14.0. The molecule has 146 valence electrons. The molecule has 2 aromatic carbocycles. The van der Waals surface area contributed by atoms with Crippen LogP contribution in [0.1, 0.15) is 5.56 Å². The van der Waals surface area contributed by atoms with Gasteiger partial charge in [-0.05, 0) is 43.9 Å². The molecular weight excluding hydrogens is 354 g/mol. The van der Waals surface area contributed by atoms with Gasteiger partial charge in [0.15, 0.2) is 5.84 Å². The van der Waals surface area contributed by atoms with E-state index in [1.54, 1.807) is 29.3 Å². The SMILES string of the molecule is CN(C)CC1=NN(Cc2ccccc2)C(=N)C1=Nc1ccc(OC(N)N)cc1. The number of hydrogen-bond donors (Lipinski definition) is 3. The molecule has 5 N–H and O–H groups in total. The average molecular weight is 379 g/mol. The van der Waals surface area contributed by atoms with E-state index in [2.05, 4.69) is 10.1 Å². The van der Waals surface area contributed by atoms with Gasteiger partial charge < -0.3 is 9.64 Å². The Balaban J connectivity index is 1.84. The standard InChI is InChI=1S/C20H25N7O/c1-26(2)13-17-18(24-15-8-10-16(11-9-15)28-20(22)23)19(21)27(25-17)12-14-6-4-3-5-7-14/h3-11,20-21H,12-13,22-23H2,1-2H3. The molecule has 8 heteroatoms. The van der Waals surface area contributed by atoms with E-state index < -0.39 is 6.35 Å². The molecule has 0 amide bonds. The van der Waals surface area contributed by atoms with Crippen molar-refractivity contribution in [1.29, 1.82) is 5.41 Å². The monoisotopic (exact) mass is 379 g/mol. The molecule has 1 heterocycles. The fourth-order valence-corrected chi connectivity index (χ4v) is 2.78. The van der Waals surface area contributed by atoms with Crippen LogP contribution in [0.4, 0.5) is 5.69 Å². The number of hydrazone groups is 1. The fourth-order valence-electron chi connectivity index (χ4n) is 2.78. The first-order valence-corrected chi connectivity index (χ1v) is 8.92. The third-order valence-corrected chi connectivity index (χ3v) is 3.99. The summed E-state index contributed by atoms with van der Waals surface area (Å²) in [6.45, 7) is 1.12. The van der Waals surface area contributed by atoms with Crippen molar-refractivity contribution < 1.29 is 4.74 Å². The highest BCUT2D eigenvalue weighted by atomic mass is 16.5. The van der Waals surface area contributed by atoms with Crippen LogP contribution in [-0.2, 0) is 6.54 Å². The van der Waals surface area contributed by atoms with Gasteiger partial charge in [0.2, 0.25) is 6.35 Å². The summed E-state index contributed by atoms with van der Waals surface area (Å²) in [4.78, 5) is 6.67. The number of amidine groups is 1. The molecule has 0 atom stereocenters. The van der Waals surface area contributed by atoms with Gasteiger partial charge in [-0.15, -0.1) is 0 Å². The topological polar surface area (TPSA) is 116 Å². The molecule has 0 saturated heterocycles. The summed E-state index contributed by atoms with van der Waals surface area (Å²) >= 11 is 0. The molecule has 0 aliphatic carbocycles. The smallest absolute Gasteiger partial charge is 0.201 e. The van der Waals surface area contributed by atoms with Gasteiger partial charge in [0.1, 0.15) is 17.2 Å². The summed E-state index contributed by atoms with van der Waals surface area (Å²) in [5, 5.41) is 14.9. The molecular formula is C20H25N7O. The van der Waals surface area contributed by atoms with E-state index in [0.29, 0.717) is 30.2 Å². The van der Waals surface area contributed by atoms with Gasteiger partial charge in [0.05, 0.1) is 12.2 Å². The van der Waals surface area contributed by atoms with Crippen molar-refractivity contribution in [2.24, 2.45) is 21.6 Å². The highest BCUT2D eigenvalue weighted by molar-refractivity contribution is 6.70. The maximum atomic E-state index is 8.58. The van der Waals surface area contributed by atoms with Crippen LogP contribution in [-0.4, -0.2) is 54.2 Å². The van der Waals surface area contributed by atoms with E-state index >= 15 is 0 Å². The summed E-state index contributed by atoms with van der Waals surface area (Å²) in [6, 6.07) is 17.0. The van der Waals surface area contributed by atoms with Crippen LogP contribution >= 0.6 is 0 Å². The van der Waals surface area contributed by atoms with Crippen LogP contribution in [0.5, 0.6) is 5.75 Å². The Bertz CT molecular complexity index is 873. The number of rotatable bonds is 7. The quantitative estimate of drug-likeness (QED) is 0.634. The number of ether oxygens (including phenoxy) is 1. The molecule has 28 heavy (non-hydrogen) atoms. The first-order valence-electron chi connectivity index (χ1n) is 8.92. The van der Waals surface area contributed by atoms with Crippen LogP contribution in [0.15, 0.2) is 64.7 Å². The Morgan fingerprint density at radius 1 is 1.11 bits per heavy atom. The van der Waals surface area contributed by atoms with E-state index in [-0.39, 0.29) is 5.84 Å². The van der Waals surface area contributed by atoms with E-state index in [1.807, 2.05) is 49.3 Å². The molecule has 0 spiro atoms. The van der Waals surface area contributed by atoms with E-state index in [4.69, 9.17) is 21.6 Å². The molecule has 2 aromatic rings. The molecule has 3 rings (SSSR count). The molecule has 1 aliphatic heterocycles. The lowest BCUT2D eigenvalue weighted by Gasteiger charge is -2.13. The van der Waals surface area contributed by atoms with Crippen molar-refractivity contribution in [2.45, 2.75) is 12.9 Å². The van der Waals surface area contributed by atoms with Gasteiger partial charge in [-0.1, -0.05) is 30.3 Å². The van der Waals surface area contributed by atoms with Crippen LogP contribution in [0.25, 0.3) is 0 Å². The van der Waals surface area contributed by atoms with Gasteiger partial charge in [0.25, 0.3) is 0 Å². The number of benzene rings is 2. The third-order valence-electron chi connectivity index (χ3n) is 3.99. The number of nitrogens with one attached hydrogen (secondary N) is 1. The molecule has 8 nitrogen and oxygen atoms in total. The van der Waals surface area contributed by atoms with Crippen molar-refractivity contribution >= 4 is 22.9 Å². The predicted octanol–water partition coefficient (Wildman–Crippen LogP) is 1.75. The Hall–Kier alpha value is -3.07. The summed E-state index contributed by atoms with van der Waals surface area (Å²) in [7, 11) is 3.93. The normalized spacial score (nSPS) is 15.6. The zero-order valence-corrected chi connectivity index (χ0v) is 16.0. The Labute approximate surface area is 164 Å². The summed E-state index contributed by atoms with van der Waals surface area (Å²) < 4.78 is 5.24. The Kier molecular flexibility index (Phi) is 6.15. The summed E-state index contributed by atoms with van der Waals surface area (Å²) in [5.74, 6) is 0.846. The highest BCUT2D eigenvalue weighted by Crippen LogP contribution is 2.21. The fraction of sp³-hybridized carbons (Fsp3) is 0.250. The molecule has 0 saturated carbocycles. The van der Waals surface area contributed by atoms with Crippen molar-refractivity contribution in [1.82, 2.24) is 9.91 Å². The van der Waals surface area contributed by atoms with E-state index in [9.17, 15) is 0 Å². The van der Waals surface area contributed by atoms with Crippen LogP contribution in [0.2, 0.25) is 0 Å². The minimum absolute atomic E-state index is 0.282. The third kappa shape index (κ3) is 5.01. The predicted molar refractivity (Wildman–Crippen MR) is 112 cm³/mol. The van der Waals surface area contributed by atoms with E-state index in [1.165, 1.54) is 0 Å². The second-order valence-corrected chi connectivity index (χ2v) is 6.71. The van der Waals surface area contributed by atoms with Crippen molar-refractivity contribution in [3.05, 3.63) is 60.2 Å². The maximum absolute atomic E-state index is 8.58. The van der Waals surface area contributed by atoms with Gasteiger partial charge in [-0.2, -0.15) is 5.10 Å². The summed E-state index contributed by atoms with van der Waals surface area (Å²) in [6.07, 6.45) is -0.870. The minimum Gasteiger partial charge on any atom is -0.463 e. The second-order valence-electron chi connectivity index (χ2n) is 6.71. The van der Waals surface area contributed by atoms with E-state index in [0.717, 1.165) is 11.3 Å². The largest absolute Gasteiger partial charge is 0.463 e. The van der Waals surface area contributed by atoms with Crippen molar-refractivity contribution in [3.63, 3.8) is 0 Å². The maximum Gasteiger partial charge on any atom is 0.201 e. The van der Waals surface area contributed by atoms with Crippen molar-refractivity contribution in [3.8, 4) is 5.75 Å². The van der Waals surface area contributed by atoms with Crippen LogP contribution < -0.4 is 16.2 Å². The molecule has 0 bridgehead atoms.